The van der Waals surface area contributed by atoms with Crippen molar-refractivity contribution in [2.24, 2.45) is 0 Å². The number of ether oxygens (including phenoxy) is 1. The topological polar surface area (TPSA) is 9.23 Å². The number of hydrogen-bond acceptors (Lipinski definition) is 2. The highest BCUT2D eigenvalue weighted by atomic mass is 32.2. The Morgan fingerprint density at radius 2 is 2.27 bits per heavy atom. The average Bonchev–Trinajstić information content (AvgIpc) is 2.51. The van der Waals surface area contributed by atoms with E-state index in [4.69, 9.17) is 4.74 Å². The molecule has 1 aliphatic rings. The zero-order chi connectivity index (χ0) is 10.9. The second kappa shape index (κ2) is 4.09. The zero-order valence-electron chi connectivity index (χ0n) is 9.67. The van der Waals surface area contributed by atoms with Crippen LogP contribution in [0.2, 0.25) is 0 Å². The van der Waals surface area contributed by atoms with Crippen molar-refractivity contribution in [2.75, 3.05) is 12.0 Å². The fraction of sp³-hybridized carbons (Fsp3) is 0.538. The van der Waals surface area contributed by atoms with Crippen molar-refractivity contribution in [1.82, 2.24) is 0 Å². The van der Waals surface area contributed by atoms with Gasteiger partial charge in [-0.15, -0.1) is 0 Å². The molecule has 0 radical (unpaired) electrons. The minimum absolute atomic E-state index is 0.0269. The van der Waals surface area contributed by atoms with E-state index in [0.29, 0.717) is 0 Å². The Bertz CT molecular complexity index is 362. The maximum absolute atomic E-state index is 6.04. The number of fused-ring (bicyclic) bond motifs is 1. The predicted octanol–water partition coefficient (Wildman–Crippen LogP) is 3.44. The molecule has 1 aromatic rings. The molecule has 2 heteroatoms. The van der Waals surface area contributed by atoms with E-state index >= 15 is 0 Å². The Balaban J connectivity index is 2.14. The summed E-state index contributed by atoms with van der Waals surface area (Å²) in [5.41, 5.74) is 2.73. The first kappa shape index (κ1) is 10.9. The maximum atomic E-state index is 6.04. The Hall–Kier alpha value is -0.630. The molecule has 1 aliphatic heterocycles. The van der Waals surface area contributed by atoms with Gasteiger partial charge >= 0.3 is 0 Å². The molecule has 82 valence electrons. The largest absolute Gasteiger partial charge is 0.487 e. The van der Waals surface area contributed by atoms with Crippen LogP contribution < -0.4 is 4.74 Å². The van der Waals surface area contributed by atoms with Crippen molar-refractivity contribution >= 4 is 11.8 Å². The maximum Gasteiger partial charge on any atom is 0.123 e. The van der Waals surface area contributed by atoms with E-state index in [9.17, 15) is 0 Å². The lowest BCUT2D eigenvalue weighted by molar-refractivity contribution is 0.113. The van der Waals surface area contributed by atoms with Gasteiger partial charge in [-0.05, 0) is 43.9 Å². The second-order valence-corrected chi connectivity index (χ2v) is 5.57. The molecular weight excluding hydrogens is 204 g/mol. The molecule has 0 saturated heterocycles. The molecule has 1 nitrogen and oxygen atoms in total. The monoisotopic (exact) mass is 222 g/mol. The lowest BCUT2D eigenvalue weighted by Gasteiger charge is -2.23. The number of benzene rings is 1. The van der Waals surface area contributed by atoms with Crippen LogP contribution in [0.3, 0.4) is 0 Å². The number of aryl methyl sites for hydroxylation is 1. The molecular formula is C13H18OS. The van der Waals surface area contributed by atoms with E-state index in [1.807, 2.05) is 11.8 Å². The van der Waals surface area contributed by atoms with Crippen LogP contribution in [-0.2, 0) is 6.42 Å². The summed E-state index contributed by atoms with van der Waals surface area (Å²) in [5, 5.41) is 0. The highest BCUT2D eigenvalue weighted by molar-refractivity contribution is 7.98. The van der Waals surface area contributed by atoms with E-state index in [1.165, 1.54) is 16.9 Å². The van der Waals surface area contributed by atoms with Crippen molar-refractivity contribution < 1.29 is 4.74 Å². The fourth-order valence-corrected chi connectivity index (χ4v) is 2.74. The van der Waals surface area contributed by atoms with E-state index < -0.39 is 0 Å². The first-order valence-corrected chi connectivity index (χ1v) is 6.80. The summed E-state index contributed by atoms with van der Waals surface area (Å²) in [6.45, 7) is 4.36. The minimum atomic E-state index is 0.0269. The van der Waals surface area contributed by atoms with Gasteiger partial charge in [-0.25, -0.2) is 0 Å². The third-order valence-electron chi connectivity index (χ3n) is 2.97. The highest BCUT2D eigenvalue weighted by Crippen LogP contribution is 2.37. The summed E-state index contributed by atoms with van der Waals surface area (Å²) in [7, 11) is 0. The van der Waals surface area contributed by atoms with Crippen molar-refractivity contribution in [3.8, 4) is 5.75 Å². The number of rotatable bonds is 3. The second-order valence-electron chi connectivity index (χ2n) is 4.58. The molecule has 0 aromatic heterocycles. The first-order valence-electron chi connectivity index (χ1n) is 5.40. The van der Waals surface area contributed by atoms with Crippen LogP contribution in [0.1, 0.15) is 24.5 Å². The van der Waals surface area contributed by atoms with Gasteiger partial charge in [0.2, 0.25) is 0 Å². The number of thioether (sulfide) groups is 1. The normalized spacial score (nSPS) is 23.7. The van der Waals surface area contributed by atoms with Gasteiger partial charge in [0.25, 0.3) is 0 Å². The summed E-state index contributed by atoms with van der Waals surface area (Å²) >= 11 is 1.89. The highest BCUT2D eigenvalue weighted by Gasteiger charge is 2.33. The molecule has 2 rings (SSSR count). The van der Waals surface area contributed by atoms with Crippen LogP contribution in [0.5, 0.6) is 5.75 Å². The summed E-state index contributed by atoms with van der Waals surface area (Å²) < 4.78 is 6.04. The van der Waals surface area contributed by atoms with Gasteiger partial charge in [0, 0.05) is 6.42 Å². The Kier molecular flexibility index (Phi) is 2.96. The van der Waals surface area contributed by atoms with Gasteiger partial charge in [-0.1, -0.05) is 17.7 Å². The molecule has 1 aromatic carbocycles. The molecule has 0 fully saturated rings. The molecule has 0 bridgehead atoms. The van der Waals surface area contributed by atoms with E-state index in [0.717, 1.165) is 18.6 Å². The van der Waals surface area contributed by atoms with Crippen molar-refractivity contribution in [3.05, 3.63) is 29.3 Å². The van der Waals surface area contributed by atoms with Crippen LogP contribution >= 0.6 is 11.8 Å². The van der Waals surface area contributed by atoms with Gasteiger partial charge in [0.05, 0.1) is 0 Å². The lowest BCUT2D eigenvalue weighted by atomic mass is 9.96. The average molecular weight is 222 g/mol. The van der Waals surface area contributed by atoms with Crippen molar-refractivity contribution in [2.45, 2.75) is 32.3 Å². The van der Waals surface area contributed by atoms with Crippen LogP contribution in [0.4, 0.5) is 0 Å². The molecule has 1 atom stereocenters. The molecule has 0 saturated carbocycles. The summed E-state index contributed by atoms with van der Waals surface area (Å²) in [6.07, 6.45) is 4.34. The summed E-state index contributed by atoms with van der Waals surface area (Å²) in [5.74, 6) is 2.26. The molecule has 0 aliphatic carbocycles. The molecule has 0 N–H and O–H groups in total. The van der Waals surface area contributed by atoms with E-state index in [-0.39, 0.29) is 5.60 Å². The molecule has 0 spiro atoms. The Labute approximate surface area is 96.2 Å². The van der Waals surface area contributed by atoms with Crippen LogP contribution in [0.15, 0.2) is 18.2 Å². The predicted molar refractivity (Wildman–Crippen MR) is 66.9 cm³/mol. The minimum Gasteiger partial charge on any atom is -0.487 e. The van der Waals surface area contributed by atoms with Crippen molar-refractivity contribution in [3.63, 3.8) is 0 Å². The van der Waals surface area contributed by atoms with Gasteiger partial charge in [-0.2, -0.15) is 11.8 Å². The molecule has 1 heterocycles. The first-order chi connectivity index (χ1) is 7.13. The van der Waals surface area contributed by atoms with E-state index in [2.05, 4.69) is 38.3 Å². The quantitative estimate of drug-likeness (QED) is 0.774. The summed E-state index contributed by atoms with van der Waals surface area (Å²) in [4.78, 5) is 0. The van der Waals surface area contributed by atoms with Gasteiger partial charge in [-0.3, -0.25) is 0 Å². The zero-order valence-corrected chi connectivity index (χ0v) is 10.5. The van der Waals surface area contributed by atoms with Crippen LogP contribution in [-0.4, -0.2) is 17.6 Å². The third kappa shape index (κ3) is 2.31. The van der Waals surface area contributed by atoms with Crippen LogP contribution in [0.25, 0.3) is 0 Å². The van der Waals surface area contributed by atoms with E-state index in [1.54, 1.807) is 0 Å². The van der Waals surface area contributed by atoms with Gasteiger partial charge in [0.15, 0.2) is 0 Å². The standard InChI is InChI=1S/C13H18OS/c1-10-4-5-12-11(8-10)9-13(2,14-12)6-7-15-3/h4-5,8H,6-7,9H2,1-3H3. The Morgan fingerprint density at radius 1 is 1.47 bits per heavy atom. The summed E-state index contributed by atoms with van der Waals surface area (Å²) in [6, 6.07) is 6.48. The Morgan fingerprint density at radius 3 is 3.00 bits per heavy atom. The SMILES string of the molecule is CSCCC1(C)Cc2cc(C)ccc2O1. The van der Waals surface area contributed by atoms with Crippen LogP contribution in [0, 0.1) is 6.92 Å². The van der Waals surface area contributed by atoms with Gasteiger partial charge in [0.1, 0.15) is 11.4 Å². The molecule has 1 unspecified atom stereocenters. The molecule has 0 amide bonds. The lowest BCUT2D eigenvalue weighted by Crippen LogP contribution is -2.30. The van der Waals surface area contributed by atoms with Crippen molar-refractivity contribution in [1.29, 1.82) is 0 Å². The fourth-order valence-electron chi connectivity index (χ4n) is 2.11. The van der Waals surface area contributed by atoms with Gasteiger partial charge < -0.3 is 4.74 Å². The molecule has 15 heavy (non-hydrogen) atoms. The number of hydrogen-bond donors (Lipinski definition) is 0. The smallest absolute Gasteiger partial charge is 0.123 e. The third-order valence-corrected chi connectivity index (χ3v) is 3.58.